The lowest BCUT2D eigenvalue weighted by molar-refractivity contribution is -0.123. The van der Waals surface area contributed by atoms with Gasteiger partial charge in [-0.3, -0.25) is 9.59 Å². The molecule has 0 spiro atoms. The van der Waals surface area contributed by atoms with Crippen molar-refractivity contribution in [2.75, 3.05) is 19.8 Å². The quantitative estimate of drug-likeness (QED) is 0.330. The van der Waals surface area contributed by atoms with Crippen LogP contribution in [-0.4, -0.2) is 37.5 Å². The van der Waals surface area contributed by atoms with Crippen LogP contribution in [0.4, 0.5) is 0 Å². The zero-order valence-corrected chi connectivity index (χ0v) is 24.4. The molecule has 1 aliphatic heterocycles. The summed E-state index contributed by atoms with van der Waals surface area (Å²) in [4.78, 5) is 25.1. The predicted molar refractivity (Wildman–Crippen MR) is 152 cm³/mol. The van der Waals surface area contributed by atoms with Crippen LogP contribution in [0.2, 0.25) is 0 Å². The van der Waals surface area contributed by atoms with Crippen LogP contribution in [-0.2, 0) is 9.59 Å². The van der Waals surface area contributed by atoms with Crippen molar-refractivity contribution in [2.24, 2.45) is 17.8 Å². The Morgan fingerprint density at radius 1 is 1.24 bits per heavy atom. The fourth-order valence-corrected chi connectivity index (χ4v) is 5.56. The number of hydrogen-bond acceptors (Lipinski definition) is 6. The van der Waals surface area contributed by atoms with Crippen LogP contribution in [0.1, 0.15) is 58.9 Å². The third-order valence-electron chi connectivity index (χ3n) is 6.80. The number of benzene rings is 1. The highest BCUT2D eigenvalue weighted by atomic mass is 79.9. The molecule has 7 nitrogen and oxygen atoms in total. The SMILES string of the molecule is CCCC1=CC(=O)C2C(=C1)NC(C)C(C#N)C2c1cc(Br)c(OCC=CCNC(=O)C(C)C)c(OCC)c1. The van der Waals surface area contributed by atoms with Crippen molar-refractivity contribution >= 4 is 27.6 Å². The number of fused-ring (bicyclic) bond motifs is 1. The lowest BCUT2D eigenvalue weighted by Crippen LogP contribution is -2.49. The van der Waals surface area contributed by atoms with E-state index >= 15 is 0 Å². The molecule has 38 heavy (non-hydrogen) atoms. The van der Waals surface area contributed by atoms with Gasteiger partial charge in [0.25, 0.3) is 0 Å². The Labute approximate surface area is 234 Å². The van der Waals surface area contributed by atoms with E-state index in [1.807, 2.05) is 52.0 Å². The summed E-state index contributed by atoms with van der Waals surface area (Å²) in [5.41, 5.74) is 2.76. The summed E-state index contributed by atoms with van der Waals surface area (Å²) < 4.78 is 12.7. The zero-order chi connectivity index (χ0) is 27.8. The summed E-state index contributed by atoms with van der Waals surface area (Å²) >= 11 is 3.65. The van der Waals surface area contributed by atoms with Crippen LogP contribution in [0.15, 0.2) is 52.2 Å². The fourth-order valence-electron chi connectivity index (χ4n) is 4.98. The van der Waals surface area contributed by atoms with E-state index in [1.165, 1.54) is 0 Å². The number of carbonyl (C=O) groups excluding carboxylic acids is 2. The number of ether oxygens (including phenoxy) is 2. The van der Waals surface area contributed by atoms with Gasteiger partial charge in [-0.25, -0.2) is 0 Å². The lowest BCUT2D eigenvalue weighted by atomic mass is 9.67. The van der Waals surface area contributed by atoms with Crippen LogP contribution in [0.5, 0.6) is 11.5 Å². The molecular weight excluding hydrogens is 546 g/mol. The van der Waals surface area contributed by atoms with Gasteiger partial charge in [0.2, 0.25) is 5.91 Å². The summed E-state index contributed by atoms with van der Waals surface area (Å²) in [6, 6.07) is 6.18. The smallest absolute Gasteiger partial charge is 0.222 e. The van der Waals surface area contributed by atoms with Crippen molar-refractivity contribution in [3.05, 3.63) is 57.7 Å². The number of nitrogens with zero attached hydrogens (tertiary/aromatic N) is 1. The van der Waals surface area contributed by atoms with Gasteiger partial charge in [0.1, 0.15) is 6.61 Å². The van der Waals surface area contributed by atoms with Gasteiger partial charge in [0, 0.05) is 30.1 Å². The Morgan fingerprint density at radius 2 is 2.00 bits per heavy atom. The maximum atomic E-state index is 13.4. The summed E-state index contributed by atoms with van der Waals surface area (Å²) in [7, 11) is 0. The number of amides is 1. The summed E-state index contributed by atoms with van der Waals surface area (Å²) in [5, 5.41) is 16.4. The van der Waals surface area contributed by atoms with E-state index < -0.39 is 11.8 Å². The molecule has 1 heterocycles. The van der Waals surface area contributed by atoms with Crippen LogP contribution >= 0.6 is 15.9 Å². The number of piperidine rings is 1. The van der Waals surface area contributed by atoms with Crippen molar-refractivity contribution in [1.82, 2.24) is 10.6 Å². The van der Waals surface area contributed by atoms with E-state index in [2.05, 4.69) is 45.6 Å². The van der Waals surface area contributed by atoms with Gasteiger partial charge in [-0.05, 0) is 77.7 Å². The Kier molecular flexibility index (Phi) is 10.6. The maximum absolute atomic E-state index is 13.4. The molecule has 1 saturated heterocycles. The van der Waals surface area contributed by atoms with Crippen molar-refractivity contribution in [2.45, 2.75) is 59.4 Å². The molecule has 3 rings (SSSR count). The number of ketones is 1. The molecule has 0 bridgehead atoms. The third kappa shape index (κ3) is 6.87. The van der Waals surface area contributed by atoms with Crippen molar-refractivity contribution in [3.63, 3.8) is 0 Å². The molecule has 2 N–H and O–H groups in total. The third-order valence-corrected chi connectivity index (χ3v) is 7.39. The average Bonchev–Trinajstić information content (AvgIpc) is 2.86. The monoisotopic (exact) mass is 583 g/mol. The van der Waals surface area contributed by atoms with E-state index in [0.29, 0.717) is 35.7 Å². The molecule has 8 heteroatoms. The number of halogens is 1. The Bertz CT molecular complexity index is 1160. The molecular formula is C30H38BrN3O4. The molecule has 1 aromatic carbocycles. The normalized spacial score (nSPS) is 22.7. The van der Waals surface area contributed by atoms with Crippen molar-refractivity contribution in [1.29, 1.82) is 5.26 Å². The molecule has 2 aliphatic rings. The second kappa shape index (κ2) is 13.7. The Balaban J connectivity index is 1.88. The number of allylic oxidation sites excluding steroid dienone is 4. The van der Waals surface area contributed by atoms with Gasteiger partial charge in [-0.15, -0.1) is 0 Å². The number of carbonyl (C=O) groups is 2. The fraction of sp³-hybridized carbons (Fsp3) is 0.500. The molecule has 0 saturated carbocycles. The van der Waals surface area contributed by atoms with E-state index in [4.69, 9.17) is 9.47 Å². The van der Waals surface area contributed by atoms with Gasteiger partial charge in [0.15, 0.2) is 17.3 Å². The largest absolute Gasteiger partial charge is 0.490 e. The molecule has 1 aliphatic carbocycles. The molecule has 204 valence electrons. The molecule has 1 aromatic rings. The van der Waals surface area contributed by atoms with Crippen LogP contribution < -0.4 is 20.1 Å². The molecule has 0 aromatic heterocycles. The first-order valence-corrected chi connectivity index (χ1v) is 14.1. The van der Waals surface area contributed by atoms with Gasteiger partial charge in [-0.2, -0.15) is 5.26 Å². The molecule has 1 amide bonds. The van der Waals surface area contributed by atoms with E-state index in [9.17, 15) is 14.9 Å². The minimum absolute atomic E-state index is 0.00182. The second-order valence-electron chi connectivity index (χ2n) is 10.0. The Hall–Kier alpha value is -3.05. The molecule has 1 fully saturated rings. The van der Waals surface area contributed by atoms with Crippen LogP contribution in [0.3, 0.4) is 0 Å². The lowest BCUT2D eigenvalue weighted by Gasteiger charge is -2.42. The minimum atomic E-state index is -0.450. The van der Waals surface area contributed by atoms with E-state index in [-0.39, 0.29) is 29.6 Å². The van der Waals surface area contributed by atoms with E-state index in [0.717, 1.165) is 29.7 Å². The van der Waals surface area contributed by atoms with Crippen molar-refractivity contribution < 1.29 is 19.1 Å². The van der Waals surface area contributed by atoms with Crippen LogP contribution in [0, 0.1) is 29.1 Å². The first-order chi connectivity index (χ1) is 18.2. The molecule has 4 atom stereocenters. The highest BCUT2D eigenvalue weighted by molar-refractivity contribution is 9.10. The number of hydrogen-bond donors (Lipinski definition) is 2. The van der Waals surface area contributed by atoms with Gasteiger partial charge in [0.05, 0.1) is 29.0 Å². The Morgan fingerprint density at radius 3 is 2.66 bits per heavy atom. The highest BCUT2D eigenvalue weighted by Gasteiger charge is 2.45. The topological polar surface area (TPSA) is 100 Å². The molecule has 4 unspecified atom stereocenters. The number of rotatable bonds is 11. The summed E-state index contributed by atoms with van der Waals surface area (Å²) in [6.45, 7) is 10.8. The second-order valence-corrected chi connectivity index (χ2v) is 10.9. The van der Waals surface area contributed by atoms with E-state index in [1.54, 1.807) is 6.08 Å². The molecule has 0 radical (unpaired) electrons. The maximum Gasteiger partial charge on any atom is 0.222 e. The summed E-state index contributed by atoms with van der Waals surface area (Å²) in [5.74, 6) is -0.107. The highest BCUT2D eigenvalue weighted by Crippen LogP contribution is 2.47. The summed E-state index contributed by atoms with van der Waals surface area (Å²) in [6.07, 6.45) is 9.31. The number of nitriles is 1. The predicted octanol–water partition coefficient (Wildman–Crippen LogP) is 5.58. The zero-order valence-electron chi connectivity index (χ0n) is 22.8. The average molecular weight is 585 g/mol. The first kappa shape index (κ1) is 29.5. The van der Waals surface area contributed by atoms with Gasteiger partial charge in [-0.1, -0.05) is 33.3 Å². The minimum Gasteiger partial charge on any atom is -0.490 e. The number of nitrogens with one attached hydrogen (secondary N) is 2. The van der Waals surface area contributed by atoms with Gasteiger partial charge < -0.3 is 20.1 Å². The van der Waals surface area contributed by atoms with Crippen LogP contribution in [0.25, 0.3) is 0 Å². The van der Waals surface area contributed by atoms with Gasteiger partial charge >= 0.3 is 0 Å². The first-order valence-electron chi connectivity index (χ1n) is 13.4. The standard InChI is InChI=1S/C30H38BrN3O4/c1-6-10-20-13-24-28(25(35)14-20)27(22(17-32)19(5)34-24)21-15-23(31)29(26(16-21)37-7-2)38-12-9-8-11-33-30(36)18(3)4/h8-9,13-16,18-19,22,27-28,34H,6-7,10-12H2,1-5H3,(H,33,36). The van der Waals surface area contributed by atoms with Crippen molar-refractivity contribution in [3.8, 4) is 17.6 Å².